The average Bonchev–Trinajstić information content (AvgIpc) is 2.16. The van der Waals surface area contributed by atoms with Crippen LogP contribution in [0.2, 0.25) is 5.16 Å². The number of hydrogen-bond donors (Lipinski definition) is 0. The molecular formula is C8H19Cl3O3Si2. The van der Waals surface area contributed by atoms with E-state index in [2.05, 4.69) is 0 Å². The molecule has 0 spiro atoms. The Balaban J connectivity index is 4.98. The molecule has 0 aliphatic heterocycles. The molecule has 0 N–H and O–H groups in total. The lowest BCUT2D eigenvalue weighted by molar-refractivity contribution is 0.0690. The van der Waals surface area contributed by atoms with Crippen molar-refractivity contribution in [2.45, 2.75) is 32.9 Å². The first-order valence-electron chi connectivity index (χ1n) is 5.32. The molecule has 1 unspecified atom stereocenters. The Morgan fingerprint density at radius 3 is 1.38 bits per heavy atom. The molecule has 0 rings (SSSR count). The summed E-state index contributed by atoms with van der Waals surface area (Å²) in [5, 5.41) is -0.273. The number of rotatable bonds is 8. The molecule has 16 heavy (non-hydrogen) atoms. The third kappa shape index (κ3) is 4.82. The van der Waals surface area contributed by atoms with Crippen molar-refractivity contribution in [2.24, 2.45) is 0 Å². The summed E-state index contributed by atoms with van der Waals surface area (Å²) in [4.78, 5) is 0. The van der Waals surface area contributed by atoms with Gasteiger partial charge in [0.1, 0.15) is 0 Å². The Morgan fingerprint density at radius 1 is 0.875 bits per heavy atom. The van der Waals surface area contributed by atoms with Crippen LogP contribution in [-0.4, -0.2) is 34.6 Å². The van der Waals surface area contributed by atoms with E-state index in [4.69, 9.17) is 46.5 Å². The van der Waals surface area contributed by atoms with Crippen LogP contribution in [0.5, 0.6) is 0 Å². The average molecular weight is 326 g/mol. The third-order valence-corrected chi connectivity index (χ3v) is 13.1. The van der Waals surface area contributed by atoms with E-state index in [9.17, 15) is 0 Å². The SMILES string of the molecule is CCO[Si](OCC)(OCC)C(C)[Si](Cl)(Cl)Cl. The Morgan fingerprint density at radius 2 is 1.19 bits per heavy atom. The fourth-order valence-corrected chi connectivity index (χ4v) is 9.47. The molecule has 0 aliphatic rings. The zero-order valence-corrected chi connectivity index (χ0v) is 14.3. The van der Waals surface area contributed by atoms with Crippen LogP contribution in [0.15, 0.2) is 0 Å². The molecule has 0 radical (unpaired) electrons. The van der Waals surface area contributed by atoms with Gasteiger partial charge >= 0.3 is 14.8 Å². The predicted octanol–water partition coefficient (Wildman–Crippen LogP) is 3.62. The van der Waals surface area contributed by atoms with Gasteiger partial charge in [0.25, 0.3) is 0 Å². The van der Waals surface area contributed by atoms with E-state index in [1.165, 1.54) is 0 Å². The van der Waals surface area contributed by atoms with E-state index >= 15 is 0 Å². The second-order valence-corrected chi connectivity index (χ2v) is 15.7. The monoisotopic (exact) mass is 324 g/mol. The van der Waals surface area contributed by atoms with E-state index in [1.54, 1.807) is 0 Å². The van der Waals surface area contributed by atoms with Crippen molar-refractivity contribution in [1.29, 1.82) is 0 Å². The summed E-state index contributed by atoms with van der Waals surface area (Å²) in [6.45, 7) is 8.96. The first-order valence-corrected chi connectivity index (χ1v) is 12.2. The molecule has 0 fully saturated rings. The van der Waals surface area contributed by atoms with Gasteiger partial charge in [-0.15, -0.1) is 33.2 Å². The zero-order chi connectivity index (χ0) is 12.8. The fourth-order valence-electron chi connectivity index (χ4n) is 1.30. The van der Waals surface area contributed by atoms with Crippen molar-refractivity contribution >= 4 is 48.0 Å². The van der Waals surface area contributed by atoms with Crippen LogP contribution in [0.25, 0.3) is 0 Å². The van der Waals surface area contributed by atoms with E-state index in [0.29, 0.717) is 19.8 Å². The molecule has 0 saturated heterocycles. The van der Waals surface area contributed by atoms with Crippen molar-refractivity contribution in [3.8, 4) is 0 Å². The van der Waals surface area contributed by atoms with E-state index in [1.807, 2.05) is 27.7 Å². The smallest absolute Gasteiger partial charge is 0.374 e. The standard InChI is InChI=1S/C8H19Cl3O3Si2/c1-5-12-16(13-6-2,14-7-3)8(4)15(9,10)11/h8H,5-7H2,1-4H3. The van der Waals surface area contributed by atoms with Gasteiger partial charge in [0, 0.05) is 19.8 Å². The highest BCUT2D eigenvalue weighted by Crippen LogP contribution is 2.41. The molecular weight excluding hydrogens is 307 g/mol. The quantitative estimate of drug-likeness (QED) is 0.504. The van der Waals surface area contributed by atoms with Gasteiger partial charge in [0.2, 0.25) is 0 Å². The Hall–Kier alpha value is 1.18. The summed E-state index contributed by atoms with van der Waals surface area (Å²) in [7, 11) is -2.87. The van der Waals surface area contributed by atoms with E-state index in [-0.39, 0.29) is 5.16 Å². The third-order valence-electron chi connectivity index (χ3n) is 2.06. The summed E-state index contributed by atoms with van der Waals surface area (Å²) in [6.07, 6.45) is 0. The second kappa shape index (κ2) is 7.58. The molecule has 0 heterocycles. The summed E-state index contributed by atoms with van der Waals surface area (Å²) in [5.74, 6) is 0. The Labute approximate surface area is 114 Å². The molecule has 0 aliphatic carbocycles. The first kappa shape index (κ1) is 17.2. The van der Waals surface area contributed by atoms with Gasteiger partial charge < -0.3 is 13.3 Å². The van der Waals surface area contributed by atoms with Crippen molar-refractivity contribution in [1.82, 2.24) is 0 Å². The maximum absolute atomic E-state index is 6.04. The molecule has 0 bridgehead atoms. The number of halogens is 3. The van der Waals surface area contributed by atoms with Gasteiger partial charge in [-0.25, -0.2) is 0 Å². The normalized spacial score (nSPS) is 15.2. The van der Waals surface area contributed by atoms with Crippen LogP contribution in [0.1, 0.15) is 27.7 Å². The number of hydrogen-bond acceptors (Lipinski definition) is 3. The maximum Gasteiger partial charge on any atom is 0.504 e. The molecule has 8 heteroatoms. The van der Waals surface area contributed by atoms with Crippen molar-refractivity contribution in [2.75, 3.05) is 19.8 Å². The largest absolute Gasteiger partial charge is 0.504 e. The van der Waals surface area contributed by atoms with Crippen LogP contribution >= 0.6 is 33.2 Å². The van der Waals surface area contributed by atoms with E-state index < -0.39 is 14.8 Å². The van der Waals surface area contributed by atoms with Crippen LogP contribution in [0, 0.1) is 0 Å². The molecule has 98 valence electrons. The lowest BCUT2D eigenvalue weighted by Crippen LogP contribution is -2.54. The van der Waals surface area contributed by atoms with Crippen molar-refractivity contribution in [3.05, 3.63) is 0 Å². The lowest BCUT2D eigenvalue weighted by atomic mass is 10.9. The van der Waals surface area contributed by atoms with Gasteiger partial charge in [-0.3, -0.25) is 0 Å². The topological polar surface area (TPSA) is 27.7 Å². The lowest BCUT2D eigenvalue weighted by Gasteiger charge is -2.35. The predicted molar refractivity (Wildman–Crippen MR) is 73.4 cm³/mol. The summed E-state index contributed by atoms with van der Waals surface area (Å²) >= 11 is 18.1. The zero-order valence-electron chi connectivity index (χ0n) is 10.1. The molecule has 0 aromatic rings. The van der Waals surface area contributed by atoms with Gasteiger partial charge in [0.15, 0.2) is 0 Å². The fraction of sp³-hybridized carbons (Fsp3) is 1.00. The molecule has 0 saturated carbocycles. The van der Waals surface area contributed by atoms with Crippen LogP contribution in [0.3, 0.4) is 0 Å². The summed E-state index contributed by atoms with van der Waals surface area (Å²) < 4.78 is 17.0. The molecule has 0 amide bonds. The summed E-state index contributed by atoms with van der Waals surface area (Å²) in [6, 6.07) is -2.90. The first-order chi connectivity index (χ1) is 7.34. The van der Waals surface area contributed by atoms with E-state index in [0.717, 1.165) is 0 Å². The minimum Gasteiger partial charge on any atom is -0.374 e. The second-order valence-electron chi connectivity index (χ2n) is 3.17. The van der Waals surface area contributed by atoms with Crippen LogP contribution in [-0.2, 0) is 13.3 Å². The van der Waals surface area contributed by atoms with Gasteiger partial charge in [-0.05, 0) is 20.8 Å². The molecule has 0 aromatic carbocycles. The summed E-state index contributed by atoms with van der Waals surface area (Å²) in [5.41, 5.74) is 0. The minimum atomic E-state index is -2.90. The van der Waals surface area contributed by atoms with Crippen molar-refractivity contribution < 1.29 is 13.3 Å². The maximum atomic E-state index is 6.04. The van der Waals surface area contributed by atoms with Crippen LogP contribution in [0.4, 0.5) is 0 Å². The highest BCUT2D eigenvalue weighted by atomic mass is 35.8. The Kier molecular flexibility index (Phi) is 8.14. The highest BCUT2D eigenvalue weighted by Gasteiger charge is 2.56. The highest BCUT2D eigenvalue weighted by molar-refractivity contribution is 7.66. The Bertz CT molecular complexity index is 184. The van der Waals surface area contributed by atoms with Gasteiger partial charge in [0.05, 0.1) is 5.16 Å². The van der Waals surface area contributed by atoms with Gasteiger partial charge in [-0.2, -0.15) is 0 Å². The molecule has 0 aromatic heterocycles. The van der Waals surface area contributed by atoms with Crippen LogP contribution < -0.4 is 0 Å². The minimum absolute atomic E-state index is 0.273. The van der Waals surface area contributed by atoms with Gasteiger partial charge in [-0.1, -0.05) is 6.92 Å². The van der Waals surface area contributed by atoms with Crippen molar-refractivity contribution in [3.63, 3.8) is 0 Å². The molecule has 3 nitrogen and oxygen atoms in total. The molecule has 1 atom stereocenters.